The number of anilines is 1. The lowest BCUT2D eigenvalue weighted by Gasteiger charge is -2.13. The van der Waals surface area contributed by atoms with Crippen LogP contribution < -0.4 is 24.2 Å². The molecule has 0 saturated heterocycles. The summed E-state index contributed by atoms with van der Waals surface area (Å²) in [6.07, 6.45) is 0. The van der Waals surface area contributed by atoms with Gasteiger partial charge in [0.2, 0.25) is 17.7 Å². The van der Waals surface area contributed by atoms with E-state index in [4.69, 9.17) is 9.47 Å². The van der Waals surface area contributed by atoms with E-state index in [1.165, 1.54) is 13.2 Å². The predicted molar refractivity (Wildman–Crippen MR) is 104 cm³/mol. The number of alkyl halides is 2. The number of carbonyl (C=O) groups excluding carboxylic acids is 2. The highest BCUT2D eigenvalue weighted by Crippen LogP contribution is 2.24. The number of methoxy groups -OCH3 is 2. The fraction of sp³-hybridized carbons (Fsp3) is 0.294. The first-order valence-corrected chi connectivity index (χ1v) is 10.1. The molecule has 1 heterocycles. The van der Waals surface area contributed by atoms with Crippen LogP contribution in [-0.2, 0) is 14.8 Å². The zero-order chi connectivity index (χ0) is 23.9. The summed E-state index contributed by atoms with van der Waals surface area (Å²) >= 11 is 0. The predicted octanol–water partition coefficient (Wildman–Crippen LogP) is 1.78. The van der Waals surface area contributed by atoms with Gasteiger partial charge in [-0.05, 0) is 19.1 Å². The molecule has 1 aromatic heterocycles. The highest BCUT2D eigenvalue weighted by molar-refractivity contribution is 7.90. The number of rotatable bonds is 9. The van der Waals surface area contributed by atoms with Crippen LogP contribution >= 0.6 is 0 Å². The second-order valence-electron chi connectivity index (χ2n) is 5.59. The Bertz CT molecular complexity index is 1100. The minimum Gasteiger partial charge on any atom is -0.494 e. The number of aromatic nitrogens is 2. The molecular formula is C17H18F2N4O8S. The fourth-order valence-corrected chi connectivity index (χ4v) is 3.40. The van der Waals surface area contributed by atoms with Crippen molar-refractivity contribution in [2.45, 2.75) is 18.4 Å². The van der Waals surface area contributed by atoms with Crippen LogP contribution in [0.4, 0.5) is 19.5 Å². The number of nitrogens with zero attached hydrogens (tertiary/aromatic N) is 2. The molecule has 0 aliphatic rings. The third-order valence-corrected chi connectivity index (χ3v) is 4.88. The summed E-state index contributed by atoms with van der Waals surface area (Å²) in [6, 6.07) is 3.10. The van der Waals surface area contributed by atoms with Gasteiger partial charge >= 0.3 is 18.6 Å². The van der Waals surface area contributed by atoms with Crippen molar-refractivity contribution in [2.24, 2.45) is 0 Å². The zero-order valence-electron chi connectivity index (χ0n) is 16.9. The number of halogens is 2. The number of esters is 1. The molecular weight excluding hydrogens is 458 g/mol. The first-order chi connectivity index (χ1) is 15.1. The van der Waals surface area contributed by atoms with Gasteiger partial charge in [-0.2, -0.15) is 18.7 Å². The van der Waals surface area contributed by atoms with Gasteiger partial charge in [-0.1, -0.05) is 0 Å². The lowest BCUT2D eigenvalue weighted by molar-refractivity contribution is -0.0529. The van der Waals surface area contributed by atoms with Gasteiger partial charge in [0.15, 0.2) is 0 Å². The Balaban J connectivity index is 2.31. The van der Waals surface area contributed by atoms with Crippen molar-refractivity contribution in [3.8, 4) is 17.5 Å². The van der Waals surface area contributed by atoms with Crippen molar-refractivity contribution in [3.63, 3.8) is 0 Å². The highest BCUT2D eigenvalue weighted by atomic mass is 32.2. The van der Waals surface area contributed by atoms with Crippen molar-refractivity contribution < 1.29 is 45.7 Å². The number of sulfonamides is 1. The van der Waals surface area contributed by atoms with Crippen molar-refractivity contribution in [1.82, 2.24) is 14.7 Å². The molecule has 0 bridgehead atoms. The molecule has 0 fully saturated rings. The van der Waals surface area contributed by atoms with E-state index < -0.39 is 45.4 Å². The topological polar surface area (TPSA) is 155 Å². The summed E-state index contributed by atoms with van der Waals surface area (Å²) in [6.45, 7) is -1.35. The number of ether oxygens (including phenoxy) is 4. The van der Waals surface area contributed by atoms with Gasteiger partial charge in [0, 0.05) is 6.07 Å². The molecule has 15 heteroatoms. The zero-order valence-corrected chi connectivity index (χ0v) is 17.7. The molecule has 2 rings (SSSR count). The minimum atomic E-state index is -4.63. The van der Waals surface area contributed by atoms with Crippen LogP contribution in [0.25, 0.3) is 0 Å². The molecule has 2 aromatic rings. The highest BCUT2D eigenvalue weighted by Gasteiger charge is 2.26. The quantitative estimate of drug-likeness (QED) is 0.512. The summed E-state index contributed by atoms with van der Waals surface area (Å²) in [5, 5.41) is 1.95. The van der Waals surface area contributed by atoms with Crippen LogP contribution in [0.1, 0.15) is 17.3 Å². The van der Waals surface area contributed by atoms with Crippen LogP contribution in [0.15, 0.2) is 29.2 Å². The maximum Gasteiger partial charge on any atom is 0.388 e. The molecule has 2 amide bonds. The van der Waals surface area contributed by atoms with Gasteiger partial charge in [0.05, 0.1) is 32.5 Å². The van der Waals surface area contributed by atoms with Crippen molar-refractivity contribution in [1.29, 1.82) is 0 Å². The fourth-order valence-electron chi connectivity index (χ4n) is 2.28. The Morgan fingerprint density at radius 2 is 1.81 bits per heavy atom. The van der Waals surface area contributed by atoms with Crippen molar-refractivity contribution in [2.75, 3.05) is 26.1 Å². The molecule has 0 saturated carbocycles. The minimum absolute atomic E-state index is 0.117. The van der Waals surface area contributed by atoms with Crippen LogP contribution in [0.2, 0.25) is 0 Å². The molecule has 0 aliphatic heterocycles. The average Bonchev–Trinajstić information content (AvgIpc) is 2.72. The molecule has 174 valence electrons. The van der Waals surface area contributed by atoms with Crippen LogP contribution in [-0.4, -0.2) is 57.8 Å². The van der Waals surface area contributed by atoms with Gasteiger partial charge in [0.25, 0.3) is 10.0 Å². The first kappa shape index (κ1) is 24.5. The Labute approximate surface area is 180 Å². The van der Waals surface area contributed by atoms with E-state index in [2.05, 4.69) is 19.4 Å². The summed E-state index contributed by atoms with van der Waals surface area (Å²) in [5.41, 5.74) is -0.360. The van der Waals surface area contributed by atoms with Crippen LogP contribution in [0.5, 0.6) is 17.5 Å². The summed E-state index contributed by atoms with van der Waals surface area (Å²) in [4.78, 5) is 30.8. The molecule has 32 heavy (non-hydrogen) atoms. The second kappa shape index (κ2) is 10.5. The van der Waals surface area contributed by atoms with Gasteiger partial charge in [-0.15, -0.1) is 0 Å². The maximum absolute atomic E-state index is 12.7. The maximum atomic E-state index is 12.7. The second-order valence-corrected chi connectivity index (χ2v) is 7.24. The molecule has 0 atom stereocenters. The summed E-state index contributed by atoms with van der Waals surface area (Å²) in [7, 11) is -2.41. The molecule has 0 spiro atoms. The Morgan fingerprint density at radius 3 is 2.41 bits per heavy atom. The lowest BCUT2D eigenvalue weighted by atomic mass is 10.2. The van der Waals surface area contributed by atoms with E-state index in [0.29, 0.717) is 0 Å². The van der Waals surface area contributed by atoms with E-state index in [9.17, 15) is 26.8 Å². The molecule has 2 N–H and O–H groups in total. The first-order valence-electron chi connectivity index (χ1n) is 8.66. The number of benzene rings is 1. The van der Waals surface area contributed by atoms with E-state index in [1.807, 2.05) is 5.32 Å². The van der Waals surface area contributed by atoms with Gasteiger partial charge in [-0.3, -0.25) is 5.32 Å². The lowest BCUT2D eigenvalue weighted by Crippen LogP contribution is -2.35. The SMILES string of the molecule is CCOc1ccc(C(=O)OC)c(S(=O)(=O)NC(=O)Nc2nc(OC)cc(OC(F)F)n2)c1. The Kier molecular flexibility index (Phi) is 8.06. The largest absolute Gasteiger partial charge is 0.494 e. The summed E-state index contributed by atoms with van der Waals surface area (Å²) < 4.78 is 70.7. The third-order valence-electron chi connectivity index (χ3n) is 3.51. The number of amides is 2. The van der Waals surface area contributed by atoms with E-state index >= 15 is 0 Å². The van der Waals surface area contributed by atoms with E-state index in [0.717, 1.165) is 25.3 Å². The molecule has 0 radical (unpaired) electrons. The Morgan fingerprint density at radius 1 is 1.12 bits per heavy atom. The molecule has 1 aromatic carbocycles. The smallest absolute Gasteiger partial charge is 0.388 e. The third kappa shape index (κ3) is 6.37. The number of carbonyl (C=O) groups is 2. The number of urea groups is 1. The molecule has 12 nitrogen and oxygen atoms in total. The normalized spacial score (nSPS) is 10.9. The molecule has 0 aliphatic carbocycles. The van der Waals surface area contributed by atoms with E-state index in [-0.39, 0.29) is 23.8 Å². The van der Waals surface area contributed by atoms with Gasteiger partial charge < -0.3 is 18.9 Å². The Hall–Kier alpha value is -3.75. The monoisotopic (exact) mass is 476 g/mol. The number of hydrogen-bond donors (Lipinski definition) is 2. The van der Waals surface area contributed by atoms with Gasteiger partial charge in [0.1, 0.15) is 10.6 Å². The standard InChI is InChI=1S/C17H18F2N4O8S/c1-4-30-9-5-6-10(14(24)29-3)11(7-9)32(26,27)23-17(25)22-16-20-12(28-2)8-13(21-16)31-15(18)19/h5-8,15H,4H2,1-3H3,(H2,20,21,22,23,25). The molecule has 0 unspecified atom stereocenters. The average molecular weight is 476 g/mol. The van der Waals surface area contributed by atoms with Crippen molar-refractivity contribution >= 4 is 28.0 Å². The van der Waals surface area contributed by atoms with Crippen LogP contribution in [0, 0.1) is 0 Å². The van der Waals surface area contributed by atoms with Crippen molar-refractivity contribution in [3.05, 3.63) is 29.8 Å². The van der Waals surface area contributed by atoms with Gasteiger partial charge in [-0.25, -0.2) is 22.7 Å². The summed E-state index contributed by atoms with van der Waals surface area (Å²) in [5.74, 6) is -2.33. The number of hydrogen-bond acceptors (Lipinski definition) is 10. The number of nitrogens with one attached hydrogen (secondary N) is 2. The van der Waals surface area contributed by atoms with E-state index in [1.54, 1.807) is 11.6 Å². The van der Waals surface area contributed by atoms with Crippen LogP contribution in [0.3, 0.4) is 0 Å².